The van der Waals surface area contributed by atoms with Crippen LogP contribution < -0.4 is 0 Å². The third-order valence-corrected chi connectivity index (χ3v) is 2.79. The largest absolute Gasteiger partial charge is 0.870 e. The van der Waals surface area contributed by atoms with Crippen LogP contribution in [0.5, 0.6) is 0 Å². The average Bonchev–Trinajstić information content (AvgIpc) is 2.18. The number of quaternary nitrogens is 1. The van der Waals surface area contributed by atoms with Gasteiger partial charge in [-0.3, -0.25) is 0 Å². The Kier molecular flexibility index (Phi) is 19.1. The molecule has 0 bridgehead atoms. The summed E-state index contributed by atoms with van der Waals surface area (Å²) < 4.78 is 1.38. The molecule has 0 saturated carbocycles. The van der Waals surface area contributed by atoms with Crippen LogP contribution in [0, 0.1) is 0 Å². The third kappa shape index (κ3) is 13.9. The van der Waals surface area contributed by atoms with Crippen LogP contribution in [-0.4, -0.2) is 47.3 Å². The zero-order valence-electron chi connectivity index (χ0n) is 13.6. The van der Waals surface area contributed by atoms with Crippen LogP contribution in [-0.2, 0) is 0 Å². The van der Waals surface area contributed by atoms with Gasteiger partial charge >= 0.3 is 0 Å². The summed E-state index contributed by atoms with van der Waals surface area (Å²) in [5, 5.41) is 8.06. The number of rotatable bonds is 8. The maximum atomic E-state index is 8.06. The van der Waals surface area contributed by atoms with E-state index in [4.69, 9.17) is 5.11 Å². The molecule has 0 aliphatic rings. The standard InChI is InChI=1S/C12H28N.C3H8O.H2O/c1-5-9-13(10-6-2,11-7-3)12-8-4;1-3(2)4;/h5-12H2,1-4H3;3-4H,1-2H3;1H2/q+1;;/p-1. The highest BCUT2D eigenvalue weighted by Crippen LogP contribution is 2.12. The quantitative estimate of drug-likeness (QED) is 0.680. The van der Waals surface area contributed by atoms with E-state index in [-0.39, 0.29) is 11.6 Å². The van der Waals surface area contributed by atoms with Crippen molar-refractivity contribution < 1.29 is 15.1 Å². The van der Waals surface area contributed by atoms with E-state index in [9.17, 15) is 0 Å². The minimum Gasteiger partial charge on any atom is -0.870 e. The third-order valence-electron chi connectivity index (χ3n) is 2.79. The van der Waals surface area contributed by atoms with Gasteiger partial charge in [-0.15, -0.1) is 0 Å². The van der Waals surface area contributed by atoms with Gasteiger partial charge in [0.25, 0.3) is 0 Å². The van der Waals surface area contributed by atoms with Crippen molar-refractivity contribution in [1.82, 2.24) is 0 Å². The summed E-state index contributed by atoms with van der Waals surface area (Å²) in [4.78, 5) is 0. The summed E-state index contributed by atoms with van der Waals surface area (Å²) in [6.45, 7) is 18.2. The van der Waals surface area contributed by atoms with Crippen molar-refractivity contribution in [2.24, 2.45) is 0 Å². The van der Waals surface area contributed by atoms with Gasteiger partial charge in [0.1, 0.15) is 0 Å². The molecule has 3 heteroatoms. The van der Waals surface area contributed by atoms with E-state index in [2.05, 4.69) is 27.7 Å². The first-order valence-corrected chi connectivity index (χ1v) is 7.51. The van der Waals surface area contributed by atoms with Crippen LogP contribution in [0.2, 0.25) is 0 Å². The van der Waals surface area contributed by atoms with Gasteiger partial charge in [0, 0.05) is 6.10 Å². The Morgan fingerprint density at radius 2 is 0.889 bits per heavy atom. The van der Waals surface area contributed by atoms with Gasteiger partial charge in [0.2, 0.25) is 0 Å². The molecule has 0 spiro atoms. The van der Waals surface area contributed by atoms with Gasteiger partial charge in [-0.25, -0.2) is 0 Å². The molecule has 0 aromatic carbocycles. The lowest BCUT2D eigenvalue weighted by Crippen LogP contribution is -2.50. The Morgan fingerprint density at radius 1 is 0.722 bits per heavy atom. The van der Waals surface area contributed by atoms with Gasteiger partial charge in [-0.1, -0.05) is 27.7 Å². The molecule has 0 fully saturated rings. The molecule has 0 amide bonds. The summed E-state index contributed by atoms with van der Waals surface area (Å²) in [5.74, 6) is 0. The number of aliphatic hydroxyl groups excluding tert-OH is 1. The first-order valence-electron chi connectivity index (χ1n) is 7.51. The molecule has 3 nitrogen and oxygen atoms in total. The molecule has 0 rings (SSSR count). The van der Waals surface area contributed by atoms with Crippen molar-refractivity contribution in [3.63, 3.8) is 0 Å². The van der Waals surface area contributed by atoms with E-state index < -0.39 is 0 Å². The molecule has 18 heavy (non-hydrogen) atoms. The smallest absolute Gasteiger partial charge is 0.0783 e. The molecule has 0 saturated heterocycles. The van der Waals surface area contributed by atoms with Gasteiger partial charge in [-0.2, -0.15) is 0 Å². The molecule has 0 unspecified atom stereocenters. The van der Waals surface area contributed by atoms with E-state index in [1.54, 1.807) is 13.8 Å². The Labute approximate surface area is 115 Å². The summed E-state index contributed by atoms with van der Waals surface area (Å²) in [5.41, 5.74) is 0. The maximum Gasteiger partial charge on any atom is 0.0783 e. The highest BCUT2D eigenvalue weighted by Gasteiger charge is 2.22. The Morgan fingerprint density at radius 3 is 1.00 bits per heavy atom. The predicted octanol–water partition coefficient (Wildman–Crippen LogP) is 3.65. The SMILES string of the molecule is CC(C)O.CCC[N+](CCC)(CCC)CCC.[OH-]. The van der Waals surface area contributed by atoms with Crippen LogP contribution >= 0.6 is 0 Å². The number of hydrogen-bond acceptors (Lipinski definition) is 2. The normalized spacial score (nSPS) is 10.7. The monoisotopic (exact) mass is 263 g/mol. The number of hydrogen-bond donors (Lipinski definition) is 1. The van der Waals surface area contributed by atoms with E-state index >= 15 is 0 Å². The molecule has 0 aliphatic carbocycles. The van der Waals surface area contributed by atoms with Crippen molar-refractivity contribution >= 4 is 0 Å². The molecular formula is C15H37NO2. The Hall–Kier alpha value is -0.120. The highest BCUT2D eigenvalue weighted by molar-refractivity contribution is 4.43. The van der Waals surface area contributed by atoms with E-state index in [1.165, 1.54) is 56.3 Å². The van der Waals surface area contributed by atoms with E-state index in [0.29, 0.717) is 0 Å². The van der Waals surface area contributed by atoms with Crippen LogP contribution in [0.15, 0.2) is 0 Å². The molecule has 0 atom stereocenters. The van der Waals surface area contributed by atoms with E-state index in [0.717, 1.165) is 0 Å². The molecule has 0 aliphatic heterocycles. The fourth-order valence-electron chi connectivity index (χ4n) is 2.57. The zero-order valence-corrected chi connectivity index (χ0v) is 13.6. The Balaban J connectivity index is -0.000000392. The second-order valence-electron chi connectivity index (χ2n) is 5.33. The molecule has 2 N–H and O–H groups in total. The topological polar surface area (TPSA) is 50.2 Å². The molecular weight excluding hydrogens is 226 g/mol. The maximum absolute atomic E-state index is 8.06. The van der Waals surface area contributed by atoms with Gasteiger partial charge in [-0.05, 0) is 39.5 Å². The second-order valence-corrected chi connectivity index (χ2v) is 5.33. The summed E-state index contributed by atoms with van der Waals surface area (Å²) in [6.07, 6.45) is 5.17. The fourth-order valence-corrected chi connectivity index (χ4v) is 2.57. The van der Waals surface area contributed by atoms with Crippen molar-refractivity contribution in [2.45, 2.75) is 73.3 Å². The van der Waals surface area contributed by atoms with Crippen molar-refractivity contribution in [3.8, 4) is 0 Å². The molecule has 114 valence electrons. The van der Waals surface area contributed by atoms with Crippen LogP contribution in [0.1, 0.15) is 67.2 Å². The summed E-state index contributed by atoms with van der Waals surface area (Å²) in [7, 11) is 0. The van der Waals surface area contributed by atoms with Gasteiger partial charge in [0.05, 0.1) is 26.2 Å². The Bertz CT molecular complexity index is 117. The van der Waals surface area contributed by atoms with Crippen LogP contribution in [0.3, 0.4) is 0 Å². The lowest BCUT2D eigenvalue weighted by Gasteiger charge is -2.38. The number of aliphatic hydroxyl groups is 1. The van der Waals surface area contributed by atoms with Gasteiger partial charge < -0.3 is 15.1 Å². The summed E-state index contributed by atoms with van der Waals surface area (Å²) >= 11 is 0. The van der Waals surface area contributed by atoms with Crippen molar-refractivity contribution in [3.05, 3.63) is 0 Å². The number of nitrogens with zero attached hydrogens (tertiary/aromatic N) is 1. The van der Waals surface area contributed by atoms with Crippen molar-refractivity contribution in [1.29, 1.82) is 0 Å². The van der Waals surface area contributed by atoms with Crippen LogP contribution in [0.4, 0.5) is 0 Å². The minimum atomic E-state index is -0.167. The van der Waals surface area contributed by atoms with Crippen LogP contribution in [0.25, 0.3) is 0 Å². The minimum absolute atomic E-state index is 0. The summed E-state index contributed by atoms with van der Waals surface area (Å²) in [6, 6.07) is 0. The lowest BCUT2D eigenvalue weighted by atomic mass is 10.2. The molecule has 0 radical (unpaired) electrons. The lowest BCUT2D eigenvalue weighted by molar-refractivity contribution is -0.928. The predicted molar refractivity (Wildman–Crippen MR) is 80.2 cm³/mol. The zero-order chi connectivity index (χ0) is 13.7. The highest BCUT2D eigenvalue weighted by atomic mass is 16.3. The molecule has 0 aromatic heterocycles. The molecule has 0 aromatic rings. The second kappa shape index (κ2) is 14.9. The van der Waals surface area contributed by atoms with Gasteiger partial charge in [0.15, 0.2) is 0 Å². The molecule has 0 heterocycles. The van der Waals surface area contributed by atoms with Crippen molar-refractivity contribution in [2.75, 3.05) is 26.2 Å². The first kappa shape index (κ1) is 23.0. The first-order chi connectivity index (χ1) is 7.97. The van der Waals surface area contributed by atoms with E-state index in [1.807, 2.05) is 0 Å². The fraction of sp³-hybridized carbons (Fsp3) is 1.00. The average molecular weight is 263 g/mol.